The molecule has 1 atom stereocenters. The van der Waals surface area contributed by atoms with E-state index in [4.69, 9.17) is 9.47 Å². The molecule has 2 aromatic carbocycles. The maximum atomic E-state index is 5.89. The first-order chi connectivity index (χ1) is 11.3. The highest BCUT2D eigenvalue weighted by Crippen LogP contribution is 2.40. The van der Waals surface area contributed by atoms with Crippen LogP contribution in [0.4, 0.5) is 0 Å². The van der Waals surface area contributed by atoms with E-state index in [0.717, 1.165) is 30.9 Å². The summed E-state index contributed by atoms with van der Waals surface area (Å²) in [4.78, 5) is 0. The molecule has 3 heteroatoms. The van der Waals surface area contributed by atoms with Gasteiger partial charge >= 0.3 is 0 Å². The molecule has 2 aromatic rings. The van der Waals surface area contributed by atoms with Crippen LogP contribution in [0.1, 0.15) is 42.1 Å². The molecule has 0 fully saturated rings. The first-order valence-electron chi connectivity index (χ1n) is 8.43. The molecule has 0 aliphatic carbocycles. The van der Waals surface area contributed by atoms with Crippen molar-refractivity contribution in [2.24, 2.45) is 0 Å². The maximum absolute atomic E-state index is 5.89. The van der Waals surface area contributed by atoms with Crippen LogP contribution in [0.5, 0.6) is 11.5 Å². The Balaban J connectivity index is 2.03. The number of hydrogen-bond acceptors (Lipinski definition) is 3. The lowest BCUT2D eigenvalue weighted by molar-refractivity contribution is 0.305. The molecule has 3 rings (SSSR count). The van der Waals surface area contributed by atoms with Crippen LogP contribution in [-0.4, -0.2) is 20.3 Å². The zero-order valence-corrected chi connectivity index (χ0v) is 14.2. The van der Waals surface area contributed by atoms with Gasteiger partial charge in [-0.15, -0.1) is 0 Å². The highest BCUT2D eigenvalue weighted by atomic mass is 16.5. The van der Waals surface area contributed by atoms with Gasteiger partial charge in [-0.3, -0.25) is 0 Å². The zero-order chi connectivity index (χ0) is 16.2. The van der Waals surface area contributed by atoms with E-state index >= 15 is 0 Å². The van der Waals surface area contributed by atoms with Crippen molar-refractivity contribution in [2.45, 2.75) is 32.7 Å². The Morgan fingerprint density at radius 3 is 2.52 bits per heavy atom. The molecule has 0 bridgehead atoms. The predicted octanol–water partition coefficient (Wildman–Crippen LogP) is 3.89. The summed E-state index contributed by atoms with van der Waals surface area (Å²) in [6.45, 7) is 5.79. The predicted molar refractivity (Wildman–Crippen MR) is 93.5 cm³/mol. The monoisotopic (exact) mass is 311 g/mol. The molecular formula is C20H25NO2. The average molecular weight is 311 g/mol. The molecule has 3 nitrogen and oxygen atoms in total. The average Bonchev–Trinajstić information content (AvgIpc) is 2.62. The molecule has 0 aromatic heterocycles. The number of benzene rings is 2. The zero-order valence-electron chi connectivity index (χ0n) is 14.2. The molecule has 0 saturated carbocycles. The fraction of sp³-hybridized carbons (Fsp3) is 0.400. The largest absolute Gasteiger partial charge is 0.493 e. The van der Waals surface area contributed by atoms with Crippen molar-refractivity contribution in [1.29, 1.82) is 0 Å². The smallest absolute Gasteiger partial charge is 0.164 e. The van der Waals surface area contributed by atoms with E-state index in [2.05, 4.69) is 42.6 Å². The second kappa shape index (κ2) is 7.05. The van der Waals surface area contributed by atoms with Gasteiger partial charge < -0.3 is 14.8 Å². The van der Waals surface area contributed by atoms with E-state index in [1.54, 1.807) is 7.11 Å². The van der Waals surface area contributed by atoms with E-state index < -0.39 is 0 Å². The Morgan fingerprint density at radius 1 is 1.09 bits per heavy atom. The van der Waals surface area contributed by atoms with Crippen LogP contribution in [0, 0.1) is 0 Å². The number of fused-ring (bicyclic) bond motifs is 1. The third-order valence-electron chi connectivity index (χ3n) is 4.52. The van der Waals surface area contributed by atoms with Crippen LogP contribution in [0.2, 0.25) is 0 Å². The van der Waals surface area contributed by atoms with Crippen LogP contribution < -0.4 is 14.8 Å². The Morgan fingerprint density at radius 2 is 1.87 bits per heavy atom. The van der Waals surface area contributed by atoms with Crippen LogP contribution in [0.3, 0.4) is 0 Å². The highest BCUT2D eigenvalue weighted by molar-refractivity contribution is 5.54. The lowest BCUT2D eigenvalue weighted by atomic mass is 9.88. The standard InChI is InChI=1S/C20H25NO2/c1-4-14-6-8-15(9-7-14)19-16-10-11-18(22-3)20(23-5-2)17(16)12-13-21-19/h6-11,19,21H,4-5,12-13H2,1-3H3. The summed E-state index contributed by atoms with van der Waals surface area (Å²) in [5, 5.41) is 3.64. The SMILES string of the molecule is CCOc1c(OC)ccc2c1CCNC2c1ccc(CC)cc1. The van der Waals surface area contributed by atoms with Gasteiger partial charge in [0, 0.05) is 12.1 Å². The molecule has 1 N–H and O–H groups in total. The molecule has 122 valence electrons. The lowest BCUT2D eigenvalue weighted by Gasteiger charge is -2.29. The van der Waals surface area contributed by atoms with E-state index in [1.807, 2.05) is 13.0 Å². The van der Waals surface area contributed by atoms with E-state index in [-0.39, 0.29) is 6.04 Å². The molecule has 1 aliphatic heterocycles. The van der Waals surface area contributed by atoms with Crippen molar-refractivity contribution in [3.05, 3.63) is 58.7 Å². The van der Waals surface area contributed by atoms with Crippen LogP contribution in [0.25, 0.3) is 0 Å². The molecule has 1 unspecified atom stereocenters. The Hall–Kier alpha value is -2.00. The van der Waals surface area contributed by atoms with Gasteiger partial charge in [0.15, 0.2) is 11.5 Å². The first kappa shape index (κ1) is 15.9. The minimum atomic E-state index is 0.217. The maximum Gasteiger partial charge on any atom is 0.164 e. The molecule has 1 aliphatic rings. The second-order valence-corrected chi connectivity index (χ2v) is 5.83. The molecule has 0 spiro atoms. The second-order valence-electron chi connectivity index (χ2n) is 5.83. The molecule has 0 radical (unpaired) electrons. The van der Waals surface area contributed by atoms with Crippen molar-refractivity contribution in [1.82, 2.24) is 5.32 Å². The Bertz CT molecular complexity index is 664. The fourth-order valence-electron chi connectivity index (χ4n) is 3.31. The van der Waals surface area contributed by atoms with Gasteiger partial charge in [-0.25, -0.2) is 0 Å². The summed E-state index contributed by atoms with van der Waals surface area (Å²) in [6, 6.07) is 13.3. The van der Waals surface area contributed by atoms with Gasteiger partial charge in [-0.05, 0) is 42.5 Å². The number of ether oxygens (including phenoxy) is 2. The van der Waals surface area contributed by atoms with E-state index in [1.165, 1.54) is 22.3 Å². The van der Waals surface area contributed by atoms with Gasteiger partial charge in [-0.2, -0.15) is 0 Å². The van der Waals surface area contributed by atoms with E-state index in [0.29, 0.717) is 6.61 Å². The Labute approximate surface area is 138 Å². The number of aryl methyl sites for hydroxylation is 1. The summed E-state index contributed by atoms with van der Waals surface area (Å²) < 4.78 is 11.4. The van der Waals surface area contributed by atoms with Gasteiger partial charge in [0.25, 0.3) is 0 Å². The van der Waals surface area contributed by atoms with Crippen molar-refractivity contribution >= 4 is 0 Å². The quantitative estimate of drug-likeness (QED) is 0.908. The summed E-state index contributed by atoms with van der Waals surface area (Å²) in [6.07, 6.45) is 2.03. The van der Waals surface area contributed by atoms with Gasteiger partial charge in [0.05, 0.1) is 19.8 Å². The third kappa shape index (κ3) is 3.06. The number of methoxy groups -OCH3 is 1. The summed E-state index contributed by atoms with van der Waals surface area (Å²) in [7, 11) is 1.70. The third-order valence-corrected chi connectivity index (χ3v) is 4.52. The summed E-state index contributed by atoms with van der Waals surface area (Å²) >= 11 is 0. The lowest BCUT2D eigenvalue weighted by Crippen LogP contribution is -2.31. The van der Waals surface area contributed by atoms with Crippen molar-refractivity contribution in [3.63, 3.8) is 0 Å². The Kier molecular flexibility index (Phi) is 4.87. The van der Waals surface area contributed by atoms with Gasteiger partial charge in [0.1, 0.15) is 0 Å². The number of hydrogen-bond donors (Lipinski definition) is 1. The highest BCUT2D eigenvalue weighted by Gasteiger charge is 2.25. The van der Waals surface area contributed by atoms with Crippen molar-refractivity contribution < 1.29 is 9.47 Å². The molecular weight excluding hydrogens is 286 g/mol. The molecule has 23 heavy (non-hydrogen) atoms. The first-order valence-corrected chi connectivity index (χ1v) is 8.43. The van der Waals surface area contributed by atoms with Crippen LogP contribution in [-0.2, 0) is 12.8 Å². The normalized spacial score (nSPS) is 16.7. The van der Waals surface area contributed by atoms with Crippen LogP contribution in [0.15, 0.2) is 36.4 Å². The summed E-state index contributed by atoms with van der Waals surface area (Å²) in [5.41, 5.74) is 5.24. The van der Waals surface area contributed by atoms with Gasteiger partial charge in [-0.1, -0.05) is 37.3 Å². The number of rotatable bonds is 5. The minimum Gasteiger partial charge on any atom is -0.493 e. The van der Waals surface area contributed by atoms with Gasteiger partial charge in [0.2, 0.25) is 0 Å². The molecule has 1 heterocycles. The summed E-state index contributed by atoms with van der Waals surface area (Å²) in [5.74, 6) is 1.73. The van der Waals surface area contributed by atoms with E-state index in [9.17, 15) is 0 Å². The minimum absolute atomic E-state index is 0.217. The van der Waals surface area contributed by atoms with Crippen LogP contribution >= 0.6 is 0 Å². The topological polar surface area (TPSA) is 30.5 Å². The molecule has 0 amide bonds. The number of nitrogens with one attached hydrogen (secondary N) is 1. The van der Waals surface area contributed by atoms with Crippen molar-refractivity contribution in [3.8, 4) is 11.5 Å². The fourth-order valence-corrected chi connectivity index (χ4v) is 3.31. The van der Waals surface area contributed by atoms with Crippen molar-refractivity contribution in [2.75, 3.05) is 20.3 Å². The molecule has 0 saturated heterocycles.